The van der Waals surface area contributed by atoms with Crippen LogP contribution in [0.4, 0.5) is 11.5 Å². The zero-order valence-electron chi connectivity index (χ0n) is 14.1. The number of pyridine rings is 1. The van der Waals surface area contributed by atoms with Crippen LogP contribution in [-0.2, 0) is 9.59 Å². The van der Waals surface area contributed by atoms with Crippen molar-refractivity contribution in [1.29, 1.82) is 0 Å². The Morgan fingerprint density at radius 3 is 2.62 bits per heavy atom. The average molecular weight is 351 g/mol. The number of hydrogen-bond acceptors (Lipinski definition) is 5. The molecule has 2 N–H and O–H groups in total. The van der Waals surface area contributed by atoms with Gasteiger partial charge < -0.3 is 10.6 Å². The summed E-state index contributed by atoms with van der Waals surface area (Å²) in [5.41, 5.74) is 1.12. The van der Waals surface area contributed by atoms with E-state index >= 15 is 0 Å². The van der Waals surface area contributed by atoms with E-state index in [1.807, 2.05) is 0 Å². The molecule has 3 amide bonds. The van der Waals surface area contributed by atoms with Gasteiger partial charge in [-0.3, -0.25) is 14.4 Å². The highest BCUT2D eigenvalue weighted by molar-refractivity contribution is 6.43. The van der Waals surface area contributed by atoms with Crippen molar-refractivity contribution < 1.29 is 14.4 Å². The fourth-order valence-electron chi connectivity index (χ4n) is 2.40. The van der Waals surface area contributed by atoms with Gasteiger partial charge >= 0.3 is 0 Å². The highest BCUT2D eigenvalue weighted by Gasteiger charge is 2.22. The molecule has 2 aromatic rings. The minimum absolute atomic E-state index is 0.130. The van der Waals surface area contributed by atoms with E-state index in [2.05, 4.69) is 20.7 Å². The molecule has 0 aliphatic carbocycles. The van der Waals surface area contributed by atoms with Crippen molar-refractivity contribution in [2.45, 2.75) is 12.8 Å². The van der Waals surface area contributed by atoms with Crippen molar-refractivity contribution in [2.75, 3.05) is 17.7 Å². The highest BCUT2D eigenvalue weighted by atomic mass is 16.2. The molecular weight excluding hydrogens is 334 g/mol. The third-order valence-electron chi connectivity index (χ3n) is 3.76. The van der Waals surface area contributed by atoms with E-state index < -0.39 is 5.91 Å². The molecule has 0 radical (unpaired) electrons. The number of hydrogen-bond donors (Lipinski definition) is 2. The molecule has 0 spiro atoms. The van der Waals surface area contributed by atoms with Crippen molar-refractivity contribution in [1.82, 2.24) is 9.99 Å². The first-order chi connectivity index (χ1) is 12.5. The molecule has 0 saturated carbocycles. The summed E-state index contributed by atoms with van der Waals surface area (Å²) in [6, 6.07) is 11.8. The number of nitrogens with one attached hydrogen (secondary N) is 2. The van der Waals surface area contributed by atoms with Gasteiger partial charge in [0.25, 0.3) is 11.8 Å². The Hall–Kier alpha value is -3.55. The van der Waals surface area contributed by atoms with Crippen molar-refractivity contribution in [3.05, 3.63) is 54.2 Å². The smallest absolute Gasteiger partial charge is 0.271 e. The fraction of sp³-hybridized carbons (Fsp3) is 0.167. The van der Waals surface area contributed by atoms with Gasteiger partial charge in [0.1, 0.15) is 11.5 Å². The fourth-order valence-corrected chi connectivity index (χ4v) is 2.40. The number of carbonyl (C=O) groups is 3. The summed E-state index contributed by atoms with van der Waals surface area (Å²) >= 11 is 0. The standard InChI is InChI=1S/C18H17N5O3/c1-23-16(24)9-8-14(22-23)18(26)20-13-6-4-5-12(11-13)17(25)21-15-7-2-3-10-19-15/h2-7,10-11H,8-9H2,1H3,(H,20,26)(H,19,21,25). The second-order valence-corrected chi connectivity index (χ2v) is 5.67. The maximum absolute atomic E-state index is 12.3. The van der Waals surface area contributed by atoms with Crippen LogP contribution in [0.2, 0.25) is 0 Å². The predicted molar refractivity (Wildman–Crippen MR) is 96.7 cm³/mol. The molecule has 1 aliphatic rings. The molecule has 0 bridgehead atoms. The van der Waals surface area contributed by atoms with E-state index in [1.54, 1.807) is 48.7 Å². The van der Waals surface area contributed by atoms with E-state index in [-0.39, 0.29) is 30.4 Å². The molecule has 26 heavy (non-hydrogen) atoms. The van der Waals surface area contributed by atoms with Gasteiger partial charge in [-0.05, 0) is 30.3 Å². The van der Waals surface area contributed by atoms with Gasteiger partial charge in [-0.2, -0.15) is 5.10 Å². The Kier molecular flexibility index (Phi) is 5.02. The van der Waals surface area contributed by atoms with Gasteiger partial charge in [0.2, 0.25) is 5.91 Å². The molecular formula is C18H17N5O3. The van der Waals surface area contributed by atoms with Crippen LogP contribution in [0.3, 0.4) is 0 Å². The monoisotopic (exact) mass is 351 g/mol. The number of rotatable bonds is 4. The molecule has 0 unspecified atom stereocenters. The Labute approximate surface area is 149 Å². The number of carbonyl (C=O) groups excluding carboxylic acids is 3. The SMILES string of the molecule is CN1N=C(C(=O)Nc2cccc(C(=O)Nc3ccccn3)c2)CCC1=O. The number of aromatic nitrogens is 1. The van der Waals surface area contributed by atoms with E-state index in [0.29, 0.717) is 17.1 Å². The van der Waals surface area contributed by atoms with Gasteiger partial charge in [-0.25, -0.2) is 9.99 Å². The Morgan fingerprint density at radius 1 is 1.04 bits per heavy atom. The van der Waals surface area contributed by atoms with E-state index in [1.165, 1.54) is 7.05 Å². The van der Waals surface area contributed by atoms with Gasteiger partial charge in [-0.1, -0.05) is 12.1 Å². The molecule has 1 aromatic heterocycles. The minimum atomic E-state index is -0.397. The summed E-state index contributed by atoms with van der Waals surface area (Å²) in [5, 5.41) is 10.5. The van der Waals surface area contributed by atoms with Gasteiger partial charge in [0, 0.05) is 37.3 Å². The van der Waals surface area contributed by atoms with Gasteiger partial charge in [0.15, 0.2) is 0 Å². The maximum Gasteiger partial charge on any atom is 0.271 e. The molecule has 0 saturated heterocycles. The molecule has 2 heterocycles. The molecule has 8 nitrogen and oxygen atoms in total. The Bertz CT molecular complexity index is 879. The Balaban J connectivity index is 1.69. The third kappa shape index (κ3) is 4.10. The lowest BCUT2D eigenvalue weighted by atomic mass is 10.1. The number of anilines is 2. The van der Waals surface area contributed by atoms with Crippen molar-refractivity contribution in [3.63, 3.8) is 0 Å². The second kappa shape index (κ2) is 7.56. The number of nitrogens with zero attached hydrogens (tertiary/aromatic N) is 3. The predicted octanol–water partition coefficient (Wildman–Crippen LogP) is 1.88. The summed E-state index contributed by atoms with van der Waals surface area (Å²) in [7, 11) is 1.51. The summed E-state index contributed by atoms with van der Waals surface area (Å²) in [6.45, 7) is 0. The Morgan fingerprint density at radius 2 is 1.88 bits per heavy atom. The normalized spacial score (nSPS) is 13.8. The van der Waals surface area contributed by atoms with Crippen LogP contribution >= 0.6 is 0 Å². The summed E-state index contributed by atoms with van der Waals surface area (Å²) in [4.78, 5) is 40.1. The molecule has 1 aromatic carbocycles. The zero-order chi connectivity index (χ0) is 18.5. The molecule has 0 atom stereocenters. The molecule has 3 rings (SSSR count). The summed E-state index contributed by atoms with van der Waals surface area (Å²) < 4.78 is 0. The first kappa shape index (κ1) is 17.3. The van der Waals surface area contributed by atoms with Crippen LogP contribution in [0.15, 0.2) is 53.8 Å². The van der Waals surface area contributed by atoms with Crippen LogP contribution in [0.5, 0.6) is 0 Å². The van der Waals surface area contributed by atoms with Gasteiger partial charge in [0.05, 0.1) is 0 Å². The lowest BCUT2D eigenvalue weighted by Crippen LogP contribution is -2.34. The van der Waals surface area contributed by atoms with E-state index in [9.17, 15) is 14.4 Å². The van der Waals surface area contributed by atoms with Crippen molar-refractivity contribution >= 4 is 34.9 Å². The molecule has 1 aliphatic heterocycles. The molecule has 8 heteroatoms. The number of hydrazone groups is 1. The first-order valence-electron chi connectivity index (χ1n) is 8.01. The topological polar surface area (TPSA) is 104 Å². The molecule has 132 valence electrons. The third-order valence-corrected chi connectivity index (χ3v) is 3.76. The van der Waals surface area contributed by atoms with Crippen molar-refractivity contribution in [2.24, 2.45) is 5.10 Å². The quantitative estimate of drug-likeness (QED) is 0.877. The van der Waals surface area contributed by atoms with Crippen LogP contribution in [0.1, 0.15) is 23.2 Å². The van der Waals surface area contributed by atoms with Crippen LogP contribution in [0.25, 0.3) is 0 Å². The van der Waals surface area contributed by atoms with Crippen molar-refractivity contribution in [3.8, 4) is 0 Å². The average Bonchev–Trinajstić information content (AvgIpc) is 2.65. The van der Waals surface area contributed by atoms with Crippen LogP contribution in [0, 0.1) is 0 Å². The molecule has 0 fully saturated rings. The second-order valence-electron chi connectivity index (χ2n) is 5.67. The van der Waals surface area contributed by atoms with Crippen LogP contribution in [-0.4, -0.2) is 40.5 Å². The minimum Gasteiger partial charge on any atom is -0.321 e. The van der Waals surface area contributed by atoms with Gasteiger partial charge in [-0.15, -0.1) is 0 Å². The summed E-state index contributed by atoms with van der Waals surface area (Å²) in [6.07, 6.45) is 2.11. The van der Waals surface area contributed by atoms with E-state index in [4.69, 9.17) is 0 Å². The largest absolute Gasteiger partial charge is 0.321 e. The zero-order valence-corrected chi connectivity index (χ0v) is 14.1. The van der Waals surface area contributed by atoms with Crippen LogP contribution < -0.4 is 10.6 Å². The number of amides is 3. The highest BCUT2D eigenvalue weighted by Crippen LogP contribution is 2.14. The first-order valence-corrected chi connectivity index (χ1v) is 8.01. The maximum atomic E-state index is 12.3. The lowest BCUT2D eigenvalue weighted by molar-refractivity contribution is -0.130. The lowest BCUT2D eigenvalue weighted by Gasteiger charge is -2.19. The summed E-state index contributed by atoms with van der Waals surface area (Å²) in [5.74, 6) is -0.419. The number of benzene rings is 1. The van der Waals surface area contributed by atoms with E-state index in [0.717, 1.165) is 5.01 Å².